The summed E-state index contributed by atoms with van der Waals surface area (Å²) >= 11 is 11.9. The Morgan fingerprint density at radius 1 is 1.20 bits per heavy atom. The highest BCUT2D eigenvalue weighted by atomic mass is 35.5. The zero-order valence-electron chi connectivity index (χ0n) is 18.2. The quantitative estimate of drug-likeness (QED) is 0.289. The number of aldehydes is 1. The van der Waals surface area contributed by atoms with Crippen molar-refractivity contribution >= 4 is 64.9 Å². The van der Waals surface area contributed by atoms with Gasteiger partial charge in [-0.25, -0.2) is 19.8 Å². The average Bonchev–Trinajstić information content (AvgIpc) is 2.93. The first-order valence-electron chi connectivity index (χ1n) is 10.5. The number of rotatable bonds is 7. The van der Waals surface area contributed by atoms with E-state index in [4.69, 9.17) is 34.0 Å². The van der Waals surface area contributed by atoms with Crippen LogP contribution < -0.4 is 16.5 Å². The van der Waals surface area contributed by atoms with E-state index in [1.54, 1.807) is 0 Å². The molecule has 5 N–H and O–H groups in total. The van der Waals surface area contributed by atoms with Crippen LogP contribution in [0.5, 0.6) is 0 Å². The van der Waals surface area contributed by atoms with E-state index >= 15 is 0 Å². The number of halogens is 2. The van der Waals surface area contributed by atoms with E-state index in [9.17, 15) is 28.8 Å². The molecule has 2 aliphatic heterocycles. The maximum absolute atomic E-state index is 13.4. The summed E-state index contributed by atoms with van der Waals surface area (Å²) in [5, 5.41) is 14.2. The number of urea groups is 1. The predicted molar refractivity (Wildman–Crippen MR) is 122 cm³/mol. The van der Waals surface area contributed by atoms with Crippen LogP contribution in [0.2, 0.25) is 10.0 Å². The van der Waals surface area contributed by atoms with Crippen molar-refractivity contribution in [3.05, 3.63) is 27.7 Å². The van der Waals surface area contributed by atoms with Gasteiger partial charge in [0.2, 0.25) is 11.8 Å². The monoisotopic (exact) mass is 528 g/mol. The molecular weight excluding hydrogens is 507 g/mol. The molecule has 188 valence electrons. The van der Waals surface area contributed by atoms with E-state index in [1.165, 1.54) is 12.1 Å². The van der Waals surface area contributed by atoms with Crippen LogP contribution in [0.25, 0.3) is 0 Å². The van der Waals surface area contributed by atoms with Gasteiger partial charge in [0.15, 0.2) is 0 Å². The maximum atomic E-state index is 13.4. The molecule has 0 saturated carbocycles. The van der Waals surface area contributed by atoms with Crippen molar-refractivity contribution in [1.82, 2.24) is 25.8 Å². The van der Waals surface area contributed by atoms with Gasteiger partial charge in [0, 0.05) is 18.5 Å². The standard InChI is InChI=1S/C20H22Cl2N6O7/c21-12-6-10(7-13(22)17(12)23)18(33)25-26-5-3-15(30)27-4-1-2-14(28(27)20(26)35)19(34)24-11(9-29)8-16(31)32/h6-7,9,11,14H,1-5,8,23H2,(H,24,34)(H,25,33)(H,31,32)/t11-,14-/m0/s1. The third-order valence-corrected chi connectivity index (χ3v) is 6.06. The first kappa shape index (κ1) is 26.0. The predicted octanol–water partition coefficient (Wildman–Crippen LogP) is 0.412. The van der Waals surface area contributed by atoms with Crippen LogP contribution in [0, 0.1) is 0 Å². The van der Waals surface area contributed by atoms with E-state index in [0.29, 0.717) is 6.42 Å². The number of carbonyl (C=O) groups is 6. The molecular formula is C20H22Cl2N6O7. The van der Waals surface area contributed by atoms with Crippen molar-refractivity contribution in [2.75, 3.05) is 18.8 Å². The molecule has 35 heavy (non-hydrogen) atoms. The van der Waals surface area contributed by atoms with Gasteiger partial charge in [0.05, 0.1) is 34.7 Å². The number of hydrogen-bond acceptors (Lipinski definition) is 7. The molecule has 5 amide bonds. The lowest BCUT2D eigenvalue weighted by Gasteiger charge is -2.42. The van der Waals surface area contributed by atoms with Crippen LogP contribution in [-0.4, -0.2) is 81.3 Å². The number of benzene rings is 1. The first-order chi connectivity index (χ1) is 16.5. The SMILES string of the molecule is Nc1c(Cl)cc(C(=O)NN2CCC(=O)N3CCC[C@@H](C(=O)N[C@H](C=O)CC(=O)O)N3C2=O)cc1Cl. The number of nitrogen functional groups attached to an aromatic ring is 1. The molecule has 0 unspecified atom stereocenters. The molecule has 2 atom stereocenters. The van der Waals surface area contributed by atoms with Gasteiger partial charge in [-0.05, 0) is 25.0 Å². The van der Waals surface area contributed by atoms with Gasteiger partial charge in [-0.1, -0.05) is 23.2 Å². The van der Waals surface area contributed by atoms with Crippen molar-refractivity contribution < 1.29 is 33.9 Å². The zero-order valence-corrected chi connectivity index (χ0v) is 19.7. The molecule has 0 spiro atoms. The number of carbonyl (C=O) groups excluding carboxylic acids is 5. The molecule has 0 bridgehead atoms. The minimum absolute atomic E-state index is 0.00450. The number of carboxylic acids is 1. The Morgan fingerprint density at radius 2 is 1.86 bits per heavy atom. The highest BCUT2D eigenvalue weighted by molar-refractivity contribution is 6.39. The van der Waals surface area contributed by atoms with Crippen molar-refractivity contribution in [1.29, 1.82) is 0 Å². The Labute approximate surface area is 209 Å². The maximum Gasteiger partial charge on any atom is 0.358 e. The van der Waals surface area contributed by atoms with Gasteiger partial charge in [-0.2, -0.15) is 0 Å². The normalized spacial score (nSPS) is 18.9. The van der Waals surface area contributed by atoms with Gasteiger partial charge in [0.25, 0.3) is 5.91 Å². The van der Waals surface area contributed by atoms with Crippen molar-refractivity contribution in [2.24, 2.45) is 0 Å². The van der Waals surface area contributed by atoms with Gasteiger partial charge < -0.3 is 21.0 Å². The second kappa shape index (κ2) is 10.8. The highest BCUT2D eigenvalue weighted by Gasteiger charge is 2.44. The molecule has 1 aromatic carbocycles. The number of fused-ring (bicyclic) bond motifs is 1. The molecule has 0 aromatic heterocycles. The lowest BCUT2D eigenvalue weighted by atomic mass is 10.1. The van der Waals surface area contributed by atoms with Crippen molar-refractivity contribution in [3.63, 3.8) is 0 Å². The summed E-state index contributed by atoms with van der Waals surface area (Å²) in [5.74, 6) is -3.32. The fourth-order valence-electron chi connectivity index (χ4n) is 3.72. The summed E-state index contributed by atoms with van der Waals surface area (Å²) in [7, 11) is 0. The van der Waals surface area contributed by atoms with Crippen LogP contribution in [0.15, 0.2) is 12.1 Å². The molecule has 1 aromatic rings. The molecule has 15 heteroatoms. The van der Waals surface area contributed by atoms with Crippen LogP contribution in [-0.2, 0) is 19.2 Å². The lowest BCUT2D eigenvalue weighted by molar-refractivity contribution is -0.155. The molecule has 13 nitrogen and oxygen atoms in total. The summed E-state index contributed by atoms with van der Waals surface area (Å²) in [6, 6.07) is -0.871. The second-order valence-electron chi connectivity index (χ2n) is 7.85. The van der Waals surface area contributed by atoms with Crippen LogP contribution >= 0.6 is 23.2 Å². The minimum atomic E-state index is -1.32. The van der Waals surface area contributed by atoms with Gasteiger partial charge in [-0.3, -0.25) is 24.6 Å². The molecule has 2 saturated heterocycles. The Kier molecular flexibility index (Phi) is 8.02. The summed E-state index contributed by atoms with van der Waals surface area (Å²) < 4.78 is 0. The number of anilines is 1. The van der Waals surface area contributed by atoms with Crippen molar-refractivity contribution in [3.8, 4) is 0 Å². The molecule has 2 fully saturated rings. The van der Waals surface area contributed by atoms with E-state index in [-0.39, 0.29) is 53.5 Å². The largest absolute Gasteiger partial charge is 0.481 e. The van der Waals surface area contributed by atoms with Crippen LogP contribution in [0.4, 0.5) is 10.5 Å². The van der Waals surface area contributed by atoms with E-state index in [0.717, 1.165) is 15.0 Å². The smallest absolute Gasteiger partial charge is 0.358 e. The fraction of sp³-hybridized carbons (Fsp3) is 0.400. The van der Waals surface area contributed by atoms with Gasteiger partial charge >= 0.3 is 12.0 Å². The van der Waals surface area contributed by atoms with Crippen LogP contribution in [0.3, 0.4) is 0 Å². The molecule has 2 heterocycles. The summed E-state index contributed by atoms with van der Waals surface area (Å²) in [5.41, 5.74) is 8.15. The summed E-state index contributed by atoms with van der Waals surface area (Å²) in [6.07, 6.45) is 0.0129. The Morgan fingerprint density at radius 3 is 2.46 bits per heavy atom. The number of hydrogen-bond donors (Lipinski definition) is 4. The number of nitrogens with zero attached hydrogens (tertiary/aromatic N) is 3. The molecule has 2 aliphatic rings. The topological polar surface area (TPSA) is 182 Å². The Hall–Kier alpha value is -3.58. The number of hydrazine groups is 2. The second-order valence-corrected chi connectivity index (χ2v) is 8.66. The Balaban J connectivity index is 1.83. The molecule has 3 rings (SSSR count). The van der Waals surface area contributed by atoms with Gasteiger partial charge in [0.1, 0.15) is 12.3 Å². The molecule has 0 aliphatic carbocycles. The van der Waals surface area contributed by atoms with Crippen molar-refractivity contribution in [2.45, 2.75) is 37.8 Å². The van der Waals surface area contributed by atoms with Gasteiger partial charge in [-0.15, -0.1) is 0 Å². The zero-order chi connectivity index (χ0) is 25.9. The third kappa shape index (κ3) is 5.74. The molecule has 0 radical (unpaired) electrons. The van der Waals surface area contributed by atoms with E-state index < -0.39 is 48.2 Å². The number of carboxylic acid groups (broad SMARTS) is 1. The van der Waals surface area contributed by atoms with E-state index in [1.807, 2.05) is 0 Å². The lowest BCUT2D eigenvalue weighted by Crippen LogP contribution is -2.64. The number of aliphatic carboxylic acids is 1. The number of nitrogens with two attached hydrogens (primary N) is 1. The third-order valence-electron chi connectivity index (χ3n) is 5.43. The summed E-state index contributed by atoms with van der Waals surface area (Å²) in [4.78, 5) is 73.8. The van der Waals surface area contributed by atoms with E-state index in [2.05, 4.69) is 10.7 Å². The summed E-state index contributed by atoms with van der Waals surface area (Å²) in [6.45, 7) is -0.0251. The Bertz CT molecular complexity index is 1060. The average molecular weight is 529 g/mol. The fourth-order valence-corrected chi connectivity index (χ4v) is 4.21. The van der Waals surface area contributed by atoms with Crippen LogP contribution in [0.1, 0.15) is 36.0 Å². The highest BCUT2D eigenvalue weighted by Crippen LogP contribution is 2.29. The number of amides is 5. The first-order valence-corrected chi connectivity index (χ1v) is 11.2. The number of nitrogens with one attached hydrogen (secondary N) is 2. The minimum Gasteiger partial charge on any atom is -0.481 e.